The highest BCUT2D eigenvalue weighted by Gasteiger charge is 2.36. The molecule has 0 N–H and O–H groups in total. The predicted octanol–water partition coefficient (Wildman–Crippen LogP) is 5.44. The summed E-state index contributed by atoms with van der Waals surface area (Å²) >= 11 is 10.1. The van der Waals surface area contributed by atoms with Gasteiger partial charge in [-0.05, 0) is 36.4 Å². The lowest BCUT2D eigenvalue weighted by molar-refractivity contribution is 0.0639. The van der Waals surface area contributed by atoms with Crippen LogP contribution >= 0.6 is 27.5 Å². The number of amides is 2. The van der Waals surface area contributed by atoms with Crippen LogP contribution in [-0.4, -0.2) is 32.0 Å². The van der Waals surface area contributed by atoms with Crippen LogP contribution in [0.25, 0.3) is 5.69 Å². The standard InChI is InChI=1S/C26H16BrClN4O2/c27-15-9-10-22-20(11-15)24(19-7-3-4-8-21(19)28)30-13-23-29-12-16(32(22)23)14-31-25(33)17-5-1-2-6-18(17)26(31)34/h1-12H,13-14H2. The van der Waals surface area contributed by atoms with E-state index < -0.39 is 0 Å². The molecular formula is C26H16BrClN4O2. The van der Waals surface area contributed by atoms with Crippen molar-refractivity contribution in [2.24, 2.45) is 4.99 Å². The molecule has 1 aromatic heterocycles. The minimum atomic E-state index is -0.297. The number of imide groups is 1. The average molecular weight is 532 g/mol. The quantitative estimate of drug-likeness (QED) is 0.331. The summed E-state index contributed by atoms with van der Waals surface area (Å²) in [5.74, 6) is 0.125. The summed E-state index contributed by atoms with van der Waals surface area (Å²) in [5.41, 5.74) is 4.91. The maximum Gasteiger partial charge on any atom is 0.261 e. The molecule has 0 atom stereocenters. The Morgan fingerprint density at radius 1 is 0.882 bits per heavy atom. The fourth-order valence-corrected chi connectivity index (χ4v) is 5.09. The number of aromatic nitrogens is 2. The number of halogens is 2. The molecule has 2 amide bonds. The van der Waals surface area contributed by atoms with Crippen molar-refractivity contribution in [3.05, 3.63) is 116 Å². The number of fused-ring (bicyclic) bond motifs is 4. The highest BCUT2D eigenvalue weighted by molar-refractivity contribution is 9.10. The Morgan fingerprint density at radius 2 is 1.56 bits per heavy atom. The van der Waals surface area contributed by atoms with E-state index in [2.05, 4.69) is 20.9 Å². The first kappa shape index (κ1) is 21.0. The molecule has 0 bridgehead atoms. The van der Waals surface area contributed by atoms with Crippen LogP contribution in [0.3, 0.4) is 0 Å². The van der Waals surface area contributed by atoms with E-state index in [1.54, 1.807) is 30.5 Å². The van der Waals surface area contributed by atoms with Gasteiger partial charge in [0.2, 0.25) is 0 Å². The third-order valence-corrected chi connectivity index (χ3v) is 6.89. The van der Waals surface area contributed by atoms with Crippen molar-refractivity contribution in [2.75, 3.05) is 0 Å². The van der Waals surface area contributed by atoms with Crippen LogP contribution in [0, 0.1) is 0 Å². The molecule has 3 aromatic carbocycles. The Hall–Kier alpha value is -3.55. The first-order valence-electron chi connectivity index (χ1n) is 10.6. The summed E-state index contributed by atoms with van der Waals surface area (Å²) in [4.78, 5) is 36.7. The zero-order valence-electron chi connectivity index (χ0n) is 17.7. The Labute approximate surface area is 208 Å². The molecule has 0 radical (unpaired) electrons. The second-order valence-electron chi connectivity index (χ2n) is 8.05. The van der Waals surface area contributed by atoms with Gasteiger partial charge in [0.1, 0.15) is 5.82 Å². The number of carbonyl (C=O) groups is 2. The van der Waals surface area contributed by atoms with E-state index in [0.717, 1.165) is 38.5 Å². The molecule has 34 heavy (non-hydrogen) atoms. The van der Waals surface area contributed by atoms with Gasteiger partial charge in [0.25, 0.3) is 11.8 Å². The summed E-state index contributed by atoms with van der Waals surface area (Å²) < 4.78 is 2.88. The Morgan fingerprint density at radius 3 is 2.26 bits per heavy atom. The normalized spacial score (nSPS) is 14.4. The van der Waals surface area contributed by atoms with E-state index in [9.17, 15) is 9.59 Å². The van der Waals surface area contributed by atoms with Crippen LogP contribution in [0.2, 0.25) is 5.02 Å². The molecule has 0 fully saturated rings. The van der Waals surface area contributed by atoms with Gasteiger partial charge in [-0.2, -0.15) is 0 Å². The van der Waals surface area contributed by atoms with Crippen molar-refractivity contribution < 1.29 is 9.59 Å². The fraction of sp³-hybridized carbons (Fsp3) is 0.0769. The third-order valence-electron chi connectivity index (χ3n) is 6.07. The van der Waals surface area contributed by atoms with Crippen LogP contribution in [0.4, 0.5) is 0 Å². The van der Waals surface area contributed by atoms with Crippen molar-refractivity contribution in [3.8, 4) is 5.69 Å². The van der Waals surface area contributed by atoms with Gasteiger partial charge in [0, 0.05) is 20.6 Å². The van der Waals surface area contributed by atoms with Gasteiger partial charge < -0.3 is 0 Å². The van der Waals surface area contributed by atoms with Crippen molar-refractivity contribution >= 4 is 45.1 Å². The van der Waals surface area contributed by atoms with Crippen molar-refractivity contribution in [3.63, 3.8) is 0 Å². The maximum absolute atomic E-state index is 13.0. The molecule has 3 heterocycles. The molecule has 0 unspecified atom stereocenters. The van der Waals surface area contributed by atoms with Crippen LogP contribution in [0.5, 0.6) is 0 Å². The first-order chi connectivity index (χ1) is 16.5. The SMILES string of the molecule is O=C1c2ccccc2C(=O)N1Cc1cnc2n1-c1ccc(Br)cc1C(c1ccccc1Cl)=NC2. The first-order valence-corrected chi connectivity index (χ1v) is 11.8. The molecular weight excluding hydrogens is 516 g/mol. The molecule has 0 saturated heterocycles. The zero-order valence-corrected chi connectivity index (χ0v) is 20.0. The summed E-state index contributed by atoms with van der Waals surface area (Å²) in [6.07, 6.45) is 1.71. The van der Waals surface area contributed by atoms with Crippen LogP contribution in [-0.2, 0) is 13.1 Å². The second kappa shape index (κ2) is 8.04. The average Bonchev–Trinajstić information content (AvgIpc) is 3.29. The largest absolute Gasteiger partial charge is 0.297 e. The van der Waals surface area contributed by atoms with Crippen LogP contribution < -0.4 is 0 Å². The van der Waals surface area contributed by atoms with Gasteiger partial charge in [-0.25, -0.2) is 4.98 Å². The number of hydrogen-bond donors (Lipinski definition) is 0. The molecule has 8 heteroatoms. The molecule has 2 aliphatic rings. The van der Waals surface area contributed by atoms with Gasteiger partial charge in [-0.15, -0.1) is 0 Å². The second-order valence-corrected chi connectivity index (χ2v) is 9.37. The predicted molar refractivity (Wildman–Crippen MR) is 133 cm³/mol. The van der Waals surface area contributed by atoms with Crippen LogP contribution in [0.1, 0.15) is 43.4 Å². The molecule has 4 aromatic rings. The molecule has 6 nitrogen and oxygen atoms in total. The minimum absolute atomic E-state index is 0.107. The van der Waals surface area contributed by atoms with Crippen molar-refractivity contribution in [1.29, 1.82) is 0 Å². The number of aliphatic imine (C=N–C) groups is 1. The third kappa shape index (κ3) is 3.23. The minimum Gasteiger partial charge on any atom is -0.297 e. The van der Waals surface area contributed by atoms with Gasteiger partial charge in [-0.3, -0.25) is 24.0 Å². The molecule has 0 aliphatic carbocycles. The molecule has 0 saturated carbocycles. The van der Waals surface area contributed by atoms with Crippen LogP contribution in [0.15, 0.2) is 82.4 Å². The molecule has 0 spiro atoms. The maximum atomic E-state index is 13.0. The number of imidazole rings is 1. The number of carbonyl (C=O) groups excluding carboxylic acids is 2. The molecule has 6 rings (SSSR count). The number of benzene rings is 3. The van der Waals surface area contributed by atoms with Gasteiger partial charge in [0.15, 0.2) is 0 Å². The Bertz CT molecular complexity index is 1510. The lowest BCUT2D eigenvalue weighted by atomic mass is 10.0. The Kier molecular flexibility index (Phi) is 4.97. The van der Waals surface area contributed by atoms with E-state index in [-0.39, 0.29) is 18.4 Å². The number of rotatable bonds is 3. The monoisotopic (exact) mass is 530 g/mol. The van der Waals surface area contributed by atoms with Gasteiger partial charge in [0.05, 0.1) is 47.5 Å². The summed E-state index contributed by atoms with van der Waals surface area (Å²) in [5, 5.41) is 0.609. The number of hydrogen-bond acceptors (Lipinski definition) is 4. The van der Waals surface area contributed by atoms with E-state index in [0.29, 0.717) is 22.7 Å². The van der Waals surface area contributed by atoms with E-state index in [1.807, 2.05) is 47.0 Å². The number of nitrogens with zero attached hydrogens (tertiary/aromatic N) is 4. The fourth-order valence-electron chi connectivity index (χ4n) is 4.50. The molecule has 166 valence electrons. The van der Waals surface area contributed by atoms with E-state index in [4.69, 9.17) is 16.6 Å². The van der Waals surface area contributed by atoms with E-state index >= 15 is 0 Å². The highest BCUT2D eigenvalue weighted by Crippen LogP contribution is 2.32. The lowest BCUT2D eigenvalue weighted by Gasteiger charge is -2.18. The van der Waals surface area contributed by atoms with Gasteiger partial charge >= 0.3 is 0 Å². The zero-order chi connectivity index (χ0) is 23.4. The topological polar surface area (TPSA) is 67.6 Å². The Balaban J connectivity index is 1.46. The van der Waals surface area contributed by atoms with E-state index in [1.165, 1.54) is 4.90 Å². The smallest absolute Gasteiger partial charge is 0.261 e. The van der Waals surface area contributed by atoms with Crippen molar-refractivity contribution in [1.82, 2.24) is 14.5 Å². The highest BCUT2D eigenvalue weighted by atomic mass is 79.9. The molecule has 2 aliphatic heterocycles. The van der Waals surface area contributed by atoms with Crippen molar-refractivity contribution in [2.45, 2.75) is 13.1 Å². The summed E-state index contributed by atoms with van der Waals surface area (Å²) in [6, 6.07) is 20.4. The summed E-state index contributed by atoms with van der Waals surface area (Å²) in [6.45, 7) is 0.436. The summed E-state index contributed by atoms with van der Waals surface area (Å²) in [7, 11) is 0. The lowest BCUT2D eigenvalue weighted by Crippen LogP contribution is -2.30. The van der Waals surface area contributed by atoms with Gasteiger partial charge in [-0.1, -0.05) is 57.9 Å².